The number of hydrogen-bond donors (Lipinski definition) is 0. The van der Waals surface area contributed by atoms with Gasteiger partial charge in [0.1, 0.15) is 4.90 Å². The van der Waals surface area contributed by atoms with Gasteiger partial charge in [-0.2, -0.15) is 4.39 Å². The summed E-state index contributed by atoms with van der Waals surface area (Å²) in [5.74, 6) is -3.53. The van der Waals surface area contributed by atoms with Crippen molar-refractivity contribution < 1.29 is 35.6 Å². The molecule has 19 heavy (non-hydrogen) atoms. The highest BCUT2D eigenvalue weighted by molar-refractivity contribution is 8.13. The van der Waals surface area contributed by atoms with Gasteiger partial charge in [-0.1, -0.05) is 0 Å². The number of halogens is 5. The van der Waals surface area contributed by atoms with Crippen LogP contribution in [0.3, 0.4) is 0 Å². The third-order valence-corrected chi connectivity index (χ3v) is 3.05. The fourth-order valence-electron chi connectivity index (χ4n) is 1.11. The Bertz CT molecular complexity index is 629. The smallest absolute Gasteiger partial charge is 0.397 e. The topological polar surface area (TPSA) is 86.5 Å². The number of alkyl halides is 3. The molecule has 1 aromatic rings. The summed E-state index contributed by atoms with van der Waals surface area (Å²) in [4.78, 5) is 7.57. The standard InChI is InChI=1S/C7H2ClF4NO5S/c8-19(16,17)4-2-1-3(9)5(13(14)15)6(4)18-7(10,11)12/h1-2H. The van der Waals surface area contributed by atoms with Gasteiger partial charge in [0, 0.05) is 10.7 Å². The molecule has 0 saturated carbocycles. The van der Waals surface area contributed by atoms with E-state index in [1.54, 1.807) is 0 Å². The van der Waals surface area contributed by atoms with Gasteiger partial charge < -0.3 is 4.74 Å². The molecule has 0 radical (unpaired) electrons. The average Bonchev–Trinajstić information content (AvgIpc) is 2.11. The lowest BCUT2D eigenvalue weighted by atomic mass is 10.3. The van der Waals surface area contributed by atoms with E-state index in [2.05, 4.69) is 4.74 Å². The van der Waals surface area contributed by atoms with Crippen LogP contribution < -0.4 is 4.74 Å². The largest absolute Gasteiger partial charge is 0.573 e. The molecule has 0 bridgehead atoms. The normalized spacial score (nSPS) is 12.3. The molecule has 0 aliphatic heterocycles. The van der Waals surface area contributed by atoms with Crippen LogP contribution in [0.25, 0.3) is 0 Å². The summed E-state index contributed by atoms with van der Waals surface area (Å²) >= 11 is 0. The molecule has 1 rings (SSSR count). The van der Waals surface area contributed by atoms with Crippen LogP contribution >= 0.6 is 10.7 Å². The molecule has 0 aromatic heterocycles. The predicted octanol–water partition coefficient (Wildman–Crippen LogP) is 2.56. The molecule has 1 aromatic carbocycles. The third kappa shape index (κ3) is 3.67. The van der Waals surface area contributed by atoms with Crippen molar-refractivity contribution >= 4 is 25.4 Å². The summed E-state index contributed by atoms with van der Waals surface area (Å²) in [6, 6.07) is 0.613. The number of ether oxygens (including phenoxy) is 1. The van der Waals surface area contributed by atoms with E-state index in [1.807, 2.05) is 0 Å². The van der Waals surface area contributed by atoms with E-state index < -0.39 is 42.5 Å². The number of rotatable bonds is 3. The van der Waals surface area contributed by atoms with E-state index in [0.29, 0.717) is 6.07 Å². The van der Waals surface area contributed by atoms with Crippen LogP contribution in [-0.4, -0.2) is 19.7 Å². The van der Waals surface area contributed by atoms with Gasteiger partial charge in [-0.25, -0.2) is 8.42 Å². The molecule has 0 atom stereocenters. The summed E-state index contributed by atoms with van der Waals surface area (Å²) in [7, 11) is -0.00114. The first-order valence-electron chi connectivity index (χ1n) is 4.11. The second-order valence-corrected chi connectivity index (χ2v) is 5.50. The van der Waals surface area contributed by atoms with E-state index in [4.69, 9.17) is 10.7 Å². The Hall–Kier alpha value is -1.62. The minimum absolute atomic E-state index is 0.288. The molecule has 0 heterocycles. The van der Waals surface area contributed by atoms with Crippen LogP contribution in [0, 0.1) is 15.9 Å². The minimum atomic E-state index is -5.46. The van der Waals surface area contributed by atoms with Gasteiger partial charge in [0.15, 0.2) is 0 Å². The van der Waals surface area contributed by atoms with Crippen molar-refractivity contribution in [2.24, 2.45) is 0 Å². The molecule has 106 valence electrons. The fraction of sp³-hybridized carbons (Fsp3) is 0.143. The number of benzene rings is 1. The molecule has 12 heteroatoms. The van der Waals surface area contributed by atoms with Gasteiger partial charge in [-0.15, -0.1) is 13.2 Å². The Kier molecular flexibility index (Phi) is 3.91. The summed E-state index contributed by atoms with van der Waals surface area (Å²) in [5.41, 5.74) is -1.78. The predicted molar refractivity (Wildman–Crippen MR) is 52.8 cm³/mol. The Morgan fingerprint density at radius 2 is 1.84 bits per heavy atom. The zero-order chi connectivity index (χ0) is 15.0. The molecule has 0 unspecified atom stereocenters. The lowest BCUT2D eigenvalue weighted by Gasteiger charge is -2.11. The third-order valence-electron chi connectivity index (χ3n) is 1.71. The highest BCUT2D eigenvalue weighted by Crippen LogP contribution is 2.40. The van der Waals surface area contributed by atoms with Crippen LogP contribution in [0.2, 0.25) is 0 Å². The molecule has 0 saturated heterocycles. The van der Waals surface area contributed by atoms with Crippen LogP contribution in [0.15, 0.2) is 17.0 Å². The molecule has 0 N–H and O–H groups in total. The lowest BCUT2D eigenvalue weighted by Crippen LogP contribution is -2.19. The summed E-state index contributed by atoms with van der Waals surface area (Å²) in [5, 5.41) is 10.5. The Balaban J connectivity index is 3.69. The second kappa shape index (κ2) is 4.81. The van der Waals surface area contributed by atoms with Gasteiger partial charge >= 0.3 is 12.0 Å². The van der Waals surface area contributed by atoms with Crippen molar-refractivity contribution in [1.82, 2.24) is 0 Å². The van der Waals surface area contributed by atoms with Gasteiger partial charge in [0.2, 0.25) is 11.6 Å². The van der Waals surface area contributed by atoms with Crippen LogP contribution in [0.4, 0.5) is 23.2 Å². The van der Waals surface area contributed by atoms with Gasteiger partial charge in [-0.05, 0) is 12.1 Å². The number of hydrogen-bond acceptors (Lipinski definition) is 5. The lowest BCUT2D eigenvalue weighted by molar-refractivity contribution is -0.391. The zero-order valence-corrected chi connectivity index (χ0v) is 10.0. The van der Waals surface area contributed by atoms with E-state index >= 15 is 0 Å². The number of nitro benzene ring substituents is 1. The fourth-order valence-corrected chi connectivity index (χ4v) is 2.06. The Morgan fingerprint density at radius 3 is 2.21 bits per heavy atom. The Morgan fingerprint density at radius 1 is 1.32 bits per heavy atom. The molecule has 0 aliphatic carbocycles. The maximum Gasteiger partial charge on any atom is 0.573 e. The van der Waals surface area contributed by atoms with E-state index in [0.717, 1.165) is 0 Å². The van der Waals surface area contributed by atoms with Crippen molar-refractivity contribution in [3.05, 3.63) is 28.1 Å². The summed E-state index contributed by atoms with van der Waals surface area (Å²) < 4.78 is 74.5. The van der Waals surface area contributed by atoms with Gasteiger partial charge in [0.25, 0.3) is 9.05 Å². The first-order valence-corrected chi connectivity index (χ1v) is 6.41. The van der Waals surface area contributed by atoms with E-state index in [9.17, 15) is 36.1 Å². The molecule has 0 aliphatic rings. The first kappa shape index (κ1) is 15.4. The van der Waals surface area contributed by atoms with Crippen LogP contribution in [-0.2, 0) is 9.05 Å². The van der Waals surface area contributed by atoms with Crippen molar-refractivity contribution in [1.29, 1.82) is 0 Å². The van der Waals surface area contributed by atoms with E-state index in [1.165, 1.54) is 0 Å². The molecular formula is C7H2ClF4NO5S. The zero-order valence-electron chi connectivity index (χ0n) is 8.44. The van der Waals surface area contributed by atoms with Crippen molar-refractivity contribution in [2.45, 2.75) is 11.3 Å². The summed E-state index contributed by atoms with van der Waals surface area (Å²) in [6.45, 7) is 0. The molecule has 0 spiro atoms. The second-order valence-electron chi connectivity index (χ2n) is 2.97. The molecule has 0 fully saturated rings. The average molecular weight is 324 g/mol. The highest BCUT2D eigenvalue weighted by Gasteiger charge is 2.39. The monoisotopic (exact) mass is 323 g/mol. The maximum absolute atomic E-state index is 13.1. The molecule has 6 nitrogen and oxygen atoms in total. The van der Waals surface area contributed by atoms with Crippen LogP contribution in [0.5, 0.6) is 5.75 Å². The SMILES string of the molecule is O=[N+]([O-])c1c(F)ccc(S(=O)(=O)Cl)c1OC(F)(F)F. The van der Waals surface area contributed by atoms with Gasteiger partial charge in [0.05, 0.1) is 4.92 Å². The van der Waals surface area contributed by atoms with Crippen LogP contribution in [0.1, 0.15) is 0 Å². The van der Waals surface area contributed by atoms with Crippen molar-refractivity contribution in [3.63, 3.8) is 0 Å². The molecule has 0 amide bonds. The first-order chi connectivity index (χ1) is 8.43. The number of nitro groups is 1. The quantitative estimate of drug-likeness (QED) is 0.369. The van der Waals surface area contributed by atoms with Crippen molar-refractivity contribution in [2.75, 3.05) is 0 Å². The number of nitrogens with zero attached hydrogens (tertiary/aromatic N) is 1. The highest BCUT2D eigenvalue weighted by atomic mass is 35.7. The Labute approximate surface area is 107 Å². The van der Waals surface area contributed by atoms with E-state index in [-0.39, 0.29) is 6.07 Å². The maximum atomic E-state index is 13.1. The summed E-state index contributed by atoms with van der Waals surface area (Å²) in [6.07, 6.45) is -5.46. The molecular weight excluding hydrogens is 322 g/mol. The minimum Gasteiger partial charge on any atom is -0.397 e. The van der Waals surface area contributed by atoms with Crippen molar-refractivity contribution in [3.8, 4) is 5.75 Å². The van der Waals surface area contributed by atoms with Gasteiger partial charge in [-0.3, -0.25) is 10.1 Å².